The summed E-state index contributed by atoms with van der Waals surface area (Å²) < 4.78 is 0. The largest absolute Gasteiger partial charge is 0.388 e. The lowest BCUT2D eigenvalue weighted by molar-refractivity contribution is 0.0615. The average Bonchev–Trinajstić information content (AvgIpc) is 2.63. The summed E-state index contributed by atoms with van der Waals surface area (Å²) in [7, 11) is 0. The quantitative estimate of drug-likeness (QED) is 0.700. The van der Waals surface area contributed by atoms with E-state index in [1.54, 1.807) is 12.3 Å². The molecule has 1 aliphatic rings. The smallest absolute Gasteiger partial charge is 0.125 e. The van der Waals surface area contributed by atoms with Gasteiger partial charge in [0.25, 0.3) is 0 Å². The summed E-state index contributed by atoms with van der Waals surface area (Å²) in [4.78, 5) is 3.91. The first-order valence-electron chi connectivity index (χ1n) is 5.36. The summed E-state index contributed by atoms with van der Waals surface area (Å²) in [6.07, 6.45) is 5.69. The second kappa shape index (κ2) is 4.06. The number of pyridine rings is 1. The lowest BCUT2D eigenvalue weighted by Gasteiger charge is -2.23. The van der Waals surface area contributed by atoms with E-state index >= 15 is 0 Å². The zero-order valence-electron chi connectivity index (χ0n) is 8.74. The van der Waals surface area contributed by atoms with Crippen LogP contribution in [0.3, 0.4) is 0 Å². The minimum atomic E-state index is -0.530. The lowest BCUT2D eigenvalue weighted by atomic mass is 10.0. The molecule has 1 heterocycles. The number of aliphatic hydroxyl groups is 1. The van der Waals surface area contributed by atoms with Gasteiger partial charge in [-0.05, 0) is 18.9 Å². The van der Waals surface area contributed by atoms with Gasteiger partial charge in [-0.3, -0.25) is 0 Å². The number of anilines is 2. The Hall–Kier alpha value is -1.29. The Kier molecular flexibility index (Phi) is 2.77. The van der Waals surface area contributed by atoms with Gasteiger partial charge in [0.05, 0.1) is 5.60 Å². The summed E-state index contributed by atoms with van der Waals surface area (Å²) in [5.74, 6) is 0.499. The maximum atomic E-state index is 10.1. The van der Waals surface area contributed by atoms with Crippen molar-refractivity contribution in [1.29, 1.82) is 0 Å². The van der Waals surface area contributed by atoms with Crippen molar-refractivity contribution in [3.8, 4) is 0 Å². The molecule has 0 spiro atoms. The summed E-state index contributed by atoms with van der Waals surface area (Å²) in [6.45, 7) is 0.594. The molecule has 0 bridgehead atoms. The molecule has 0 aromatic carbocycles. The Bertz CT molecular complexity index is 334. The molecule has 1 fully saturated rings. The van der Waals surface area contributed by atoms with E-state index in [1.807, 2.05) is 6.07 Å². The third-order valence-electron chi connectivity index (χ3n) is 2.94. The Labute approximate surface area is 89.5 Å². The molecule has 1 aromatic heterocycles. The number of rotatable bonds is 3. The molecule has 2 rings (SSSR count). The normalized spacial score (nSPS) is 19.0. The van der Waals surface area contributed by atoms with Crippen LogP contribution in [0.4, 0.5) is 11.5 Å². The van der Waals surface area contributed by atoms with Crippen molar-refractivity contribution in [2.75, 3.05) is 17.6 Å². The van der Waals surface area contributed by atoms with Crippen molar-refractivity contribution in [2.24, 2.45) is 0 Å². The van der Waals surface area contributed by atoms with Gasteiger partial charge in [0.2, 0.25) is 0 Å². The van der Waals surface area contributed by atoms with Gasteiger partial charge in [0.15, 0.2) is 0 Å². The molecular formula is C11H17N3O. The summed E-state index contributed by atoms with van der Waals surface area (Å²) in [6, 6.07) is 3.63. The molecule has 0 saturated heterocycles. The first kappa shape index (κ1) is 10.2. The molecule has 0 atom stereocenters. The van der Waals surface area contributed by atoms with Gasteiger partial charge in [0, 0.05) is 24.5 Å². The molecule has 4 heteroatoms. The molecule has 4 nitrogen and oxygen atoms in total. The Morgan fingerprint density at radius 2 is 2.20 bits per heavy atom. The summed E-state index contributed by atoms with van der Waals surface area (Å²) in [5, 5.41) is 13.3. The highest BCUT2D eigenvalue weighted by Gasteiger charge is 2.30. The lowest BCUT2D eigenvalue weighted by Crippen LogP contribution is -2.33. The molecule has 1 saturated carbocycles. The number of aromatic nitrogens is 1. The van der Waals surface area contributed by atoms with E-state index in [0.717, 1.165) is 31.4 Å². The van der Waals surface area contributed by atoms with Crippen LogP contribution in [0.1, 0.15) is 25.7 Å². The molecule has 82 valence electrons. The molecule has 0 amide bonds. The van der Waals surface area contributed by atoms with E-state index in [-0.39, 0.29) is 0 Å². The zero-order chi connectivity index (χ0) is 10.7. The van der Waals surface area contributed by atoms with Gasteiger partial charge >= 0.3 is 0 Å². The monoisotopic (exact) mass is 207 g/mol. The van der Waals surface area contributed by atoms with Crippen LogP contribution in [0.25, 0.3) is 0 Å². The van der Waals surface area contributed by atoms with Crippen LogP contribution in [0.2, 0.25) is 0 Å². The number of hydrogen-bond donors (Lipinski definition) is 3. The number of hydrogen-bond acceptors (Lipinski definition) is 4. The molecule has 0 unspecified atom stereocenters. The van der Waals surface area contributed by atoms with Crippen molar-refractivity contribution in [3.63, 3.8) is 0 Å². The molecule has 1 aliphatic carbocycles. The van der Waals surface area contributed by atoms with Gasteiger partial charge in [-0.25, -0.2) is 4.98 Å². The average molecular weight is 207 g/mol. The number of nitrogens with two attached hydrogens (primary N) is 1. The van der Waals surface area contributed by atoms with Gasteiger partial charge in [0.1, 0.15) is 5.82 Å². The van der Waals surface area contributed by atoms with Crippen molar-refractivity contribution in [2.45, 2.75) is 31.3 Å². The topological polar surface area (TPSA) is 71.2 Å². The van der Waals surface area contributed by atoms with Crippen molar-refractivity contribution in [3.05, 3.63) is 18.3 Å². The van der Waals surface area contributed by atoms with E-state index < -0.39 is 5.60 Å². The second-order valence-corrected chi connectivity index (χ2v) is 4.25. The second-order valence-electron chi connectivity index (χ2n) is 4.25. The van der Waals surface area contributed by atoms with Crippen LogP contribution in [0, 0.1) is 0 Å². The van der Waals surface area contributed by atoms with Crippen LogP contribution in [-0.2, 0) is 0 Å². The van der Waals surface area contributed by atoms with Crippen LogP contribution < -0.4 is 11.1 Å². The van der Waals surface area contributed by atoms with Gasteiger partial charge < -0.3 is 16.2 Å². The highest BCUT2D eigenvalue weighted by Crippen LogP contribution is 2.29. The Morgan fingerprint density at radius 3 is 2.87 bits per heavy atom. The molecule has 15 heavy (non-hydrogen) atoms. The van der Waals surface area contributed by atoms with E-state index in [9.17, 15) is 5.11 Å². The number of nitrogen functional groups attached to an aromatic ring is 1. The van der Waals surface area contributed by atoms with Crippen LogP contribution in [0.5, 0.6) is 0 Å². The number of nitrogens with zero attached hydrogens (tertiary/aromatic N) is 1. The third-order valence-corrected chi connectivity index (χ3v) is 2.94. The van der Waals surface area contributed by atoms with E-state index in [0.29, 0.717) is 12.4 Å². The maximum absolute atomic E-state index is 10.1. The van der Waals surface area contributed by atoms with Crippen LogP contribution in [0.15, 0.2) is 18.3 Å². The minimum Gasteiger partial charge on any atom is -0.388 e. The standard InChI is InChI=1S/C11H17N3O/c12-10-7-9(3-6-13-10)14-8-11(15)4-1-2-5-11/h3,6-7,15H,1-2,4-5,8H2,(H3,12,13,14). The highest BCUT2D eigenvalue weighted by atomic mass is 16.3. The predicted molar refractivity (Wildman–Crippen MR) is 60.6 cm³/mol. The fraction of sp³-hybridized carbons (Fsp3) is 0.545. The van der Waals surface area contributed by atoms with Gasteiger partial charge in [-0.15, -0.1) is 0 Å². The fourth-order valence-corrected chi connectivity index (χ4v) is 2.03. The first-order chi connectivity index (χ1) is 7.18. The predicted octanol–water partition coefficient (Wildman–Crippen LogP) is 1.38. The van der Waals surface area contributed by atoms with Crippen molar-refractivity contribution >= 4 is 11.5 Å². The van der Waals surface area contributed by atoms with E-state index in [2.05, 4.69) is 10.3 Å². The fourth-order valence-electron chi connectivity index (χ4n) is 2.03. The summed E-state index contributed by atoms with van der Waals surface area (Å²) in [5.41, 5.74) is 5.95. The van der Waals surface area contributed by atoms with E-state index in [1.165, 1.54) is 0 Å². The van der Waals surface area contributed by atoms with Crippen LogP contribution in [-0.4, -0.2) is 22.2 Å². The molecule has 0 aliphatic heterocycles. The maximum Gasteiger partial charge on any atom is 0.125 e. The molecule has 1 aromatic rings. The Balaban J connectivity index is 1.92. The van der Waals surface area contributed by atoms with Crippen molar-refractivity contribution in [1.82, 2.24) is 4.98 Å². The SMILES string of the molecule is Nc1cc(NCC2(O)CCCC2)ccn1. The van der Waals surface area contributed by atoms with E-state index in [4.69, 9.17) is 5.73 Å². The zero-order valence-corrected chi connectivity index (χ0v) is 8.74. The summed E-state index contributed by atoms with van der Waals surface area (Å²) >= 11 is 0. The van der Waals surface area contributed by atoms with Crippen LogP contribution >= 0.6 is 0 Å². The van der Waals surface area contributed by atoms with Gasteiger partial charge in [-0.1, -0.05) is 12.8 Å². The molecule has 4 N–H and O–H groups in total. The minimum absolute atomic E-state index is 0.499. The Morgan fingerprint density at radius 1 is 1.47 bits per heavy atom. The highest BCUT2D eigenvalue weighted by molar-refractivity contribution is 5.49. The van der Waals surface area contributed by atoms with Crippen molar-refractivity contribution < 1.29 is 5.11 Å². The van der Waals surface area contributed by atoms with Gasteiger partial charge in [-0.2, -0.15) is 0 Å². The number of nitrogens with one attached hydrogen (secondary N) is 1. The first-order valence-corrected chi connectivity index (χ1v) is 5.36. The molecular weight excluding hydrogens is 190 g/mol. The third kappa shape index (κ3) is 2.59. The molecule has 0 radical (unpaired) electrons.